The fourth-order valence-electron chi connectivity index (χ4n) is 4.15. The van der Waals surface area contributed by atoms with Crippen LogP contribution in [0.15, 0.2) is 53.5 Å². The van der Waals surface area contributed by atoms with E-state index in [2.05, 4.69) is 37.9 Å². The van der Waals surface area contributed by atoms with Gasteiger partial charge < -0.3 is 20.1 Å². The Labute approximate surface area is 217 Å². The zero-order valence-corrected chi connectivity index (χ0v) is 22.3. The molecule has 2 aromatic carbocycles. The molecule has 4 rings (SSSR count). The van der Waals surface area contributed by atoms with Gasteiger partial charge in [-0.15, -0.1) is 34.2 Å². The van der Waals surface area contributed by atoms with Crippen molar-refractivity contribution >= 4 is 35.6 Å². The van der Waals surface area contributed by atoms with Gasteiger partial charge in [0, 0.05) is 31.9 Å². The highest BCUT2D eigenvalue weighted by molar-refractivity contribution is 14.0. The van der Waals surface area contributed by atoms with Gasteiger partial charge in [0.25, 0.3) is 0 Å². The Morgan fingerprint density at radius 2 is 1.94 bits per heavy atom. The van der Waals surface area contributed by atoms with E-state index in [4.69, 9.17) is 4.99 Å². The van der Waals surface area contributed by atoms with E-state index in [1.165, 1.54) is 6.07 Å². The van der Waals surface area contributed by atoms with Crippen LogP contribution in [0.5, 0.6) is 0 Å². The van der Waals surface area contributed by atoms with E-state index in [-0.39, 0.29) is 35.8 Å². The number of halogens is 2. The Kier molecular flexibility index (Phi) is 9.26. The molecule has 2 N–H and O–H groups in total. The number of anilines is 1. The molecule has 1 aliphatic rings. The van der Waals surface area contributed by atoms with Crippen LogP contribution in [-0.4, -0.2) is 39.9 Å². The van der Waals surface area contributed by atoms with Crippen LogP contribution in [0.2, 0.25) is 0 Å². The van der Waals surface area contributed by atoms with Crippen LogP contribution in [0.3, 0.4) is 0 Å². The lowest BCUT2D eigenvalue weighted by Gasteiger charge is -2.36. The lowest BCUT2D eigenvalue weighted by atomic mass is 10.0. The van der Waals surface area contributed by atoms with Gasteiger partial charge in [0.05, 0.1) is 13.1 Å². The van der Waals surface area contributed by atoms with Crippen molar-refractivity contribution in [1.82, 2.24) is 25.4 Å². The van der Waals surface area contributed by atoms with Crippen molar-refractivity contribution in [2.45, 2.75) is 45.8 Å². The monoisotopic (exact) mass is 577 g/mol. The number of hydrogen-bond donors (Lipinski definition) is 2. The summed E-state index contributed by atoms with van der Waals surface area (Å²) >= 11 is 0. The maximum absolute atomic E-state index is 13.6. The summed E-state index contributed by atoms with van der Waals surface area (Å²) in [5.74, 6) is 2.29. The number of aliphatic imine (C=N–C) groups is 1. The van der Waals surface area contributed by atoms with Gasteiger partial charge in [-0.3, -0.25) is 0 Å². The van der Waals surface area contributed by atoms with Gasteiger partial charge >= 0.3 is 0 Å². The molecule has 0 amide bonds. The molecule has 1 atom stereocenters. The Balaban J connectivity index is 0.00000324. The maximum atomic E-state index is 13.6. The smallest absolute Gasteiger partial charge is 0.192 e. The van der Waals surface area contributed by atoms with Crippen LogP contribution in [0.25, 0.3) is 0 Å². The van der Waals surface area contributed by atoms with E-state index in [0.717, 1.165) is 60.4 Å². The molecule has 2 heterocycles. The van der Waals surface area contributed by atoms with Crippen molar-refractivity contribution in [3.05, 3.63) is 77.1 Å². The number of nitrogens with zero attached hydrogens (tertiary/aromatic N) is 5. The fraction of sp³-hybridized carbons (Fsp3) is 0.400. The minimum absolute atomic E-state index is 0. The lowest BCUT2D eigenvalue weighted by Crippen LogP contribution is -2.51. The Hall–Kier alpha value is -2.69. The number of aromatic nitrogens is 3. The first-order valence-electron chi connectivity index (χ1n) is 11.4. The van der Waals surface area contributed by atoms with Crippen LogP contribution in [0, 0.1) is 19.7 Å². The van der Waals surface area contributed by atoms with Crippen molar-refractivity contribution in [2.24, 2.45) is 12.0 Å². The summed E-state index contributed by atoms with van der Waals surface area (Å²) < 4.78 is 15.6. The van der Waals surface area contributed by atoms with Crippen molar-refractivity contribution in [1.29, 1.82) is 0 Å². The summed E-state index contributed by atoms with van der Waals surface area (Å²) in [5, 5.41) is 15.4. The number of nitrogens with one attached hydrogen (secondary N) is 2. The van der Waals surface area contributed by atoms with E-state index in [9.17, 15) is 4.39 Å². The second-order valence-electron chi connectivity index (χ2n) is 8.59. The Bertz CT molecular complexity index is 1100. The molecule has 1 unspecified atom stereocenters. The van der Waals surface area contributed by atoms with E-state index < -0.39 is 0 Å². The average Bonchev–Trinajstić information content (AvgIpc) is 3.14. The quantitative estimate of drug-likeness (QED) is 0.263. The highest BCUT2D eigenvalue weighted by Gasteiger charge is 2.22. The first-order chi connectivity index (χ1) is 16.0. The van der Waals surface area contributed by atoms with Crippen LogP contribution < -0.4 is 15.5 Å². The van der Waals surface area contributed by atoms with Crippen LogP contribution >= 0.6 is 24.0 Å². The summed E-state index contributed by atoms with van der Waals surface area (Å²) in [6.45, 7) is 6.82. The van der Waals surface area contributed by atoms with Gasteiger partial charge in [-0.25, -0.2) is 9.38 Å². The molecular formula is C25H33FIN7. The molecule has 0 aliphatic carbocycles. The van der Waals surface area contributed by atoms with Gasteiger partial charge in [-0.2, -0.15) is 0 Å². The van der Waals surface area contributed by atoms with Crippen LogP contribution in [0.4, 0.5) is 10.1 Å². The lowest BCUT2D eigenvalue weighted by molar-refractivity contribution is 0.466. The highest BCUT2D eigenvalue weighted by atomic mass is 127. The number of aryl methyl sites for hydroxylation is 2. The summed E-state index contributed by atoms with van der Waals surface area (Å²) in [4.78, 5) is 7.17. The Morgan fingerprint density at radius 1 is 1.15 bits per heavy atom. The fourth-order valence-corrected chi connectivity index (χ4v) is 4.15. The number of benzene rings is 2. The van der Waals surface area contributed by atoms with E-state index in [1.54, 1.807) is 6.07 Å². The van der Waals surface area contributed by atoms with Crippen molar-refractivity contribution in [3.63, 3.8) is 0 Å². The number of rotatable bonds is 6. The minimum Gasteiger partial charge on any atom is -0.369 e. The molecule has 182 valence electrons. The molecule has 0 bridgehead atoms. The van der Waals surface area contributed by atoms with Gasteiger partial charge in [0.15, 0.2) is 11.8 Å². The topological polar surface area (TPSA) is 70.4 Å². The standard InChI is InChI=1S/C25H32FN7.HI/c1-18-14-21(26)11-12-23(18)33-13-7-10-22(17-33)29-25(27-15-20-8-5-4-6-9-20)28-16-24-31-30-19(2)32(24)3;/h4-6,8-9,11-12,14,22H,7,10,13,15-17H2,1-3H3,(H2,27,28,29);1H. The summed E-state index contributed by atoms with van der Waals surface area (Å²) in [6.07, 6.45) is 2.11. The zero-order valence-electron chi connectivity index (χ0n) is 20.0. The molecule has 7 nitrogen and oxygen atoms in total. The third kappa shape index (κ3) is 6.68. The minimum atomic E-state index is -0.193. The molecule has 1 aromatic heterocycles. The molecule has 9 heteroatoms. The predicted molar refractivity (Wildman–Crippen MR) is 145 cm³/mol. The molecule has 3 aromatic rings. The summed E-state index contributed by atoms with van der Waals surface area (Å²) in [7, 11) is 1.96. The maximum Gasteiger partial charge on any atom is 0.192 e. The van der Waals surface area contributed by atoms with E-state index >= 15 is 0 Å². The second kappa shape index (κ2) is 12.1. The molecule has 1 fully saturated rings. The Morgan fingerprint density at radius 3 is 2.65 bits per heavy atom. The van der Waals surface area contributed by atoms with Gasteiger partial charge in [-0.1, -0.05) is 30.3 Å². The zero-order chi connectivity index (χ0) is 23.2. The normalized spacial score (nSPS) is 16.2. The molecule has 34 heavy (non-hydrogen) atoms. The predicted octanol–water partition coefficient (Wildman–Crippen LogP) is 4.09. The van der Waals surface area contributed by atoms with Gasteiger partial charge in [0.1, 0.15) is 11.6 Å². The summed E-state index contributed by atoms with van der Waals surface area (Å²) in [5.41, 5.74) is 3.21. The second-order valence-corrected chi connectivity index (χ2v) is 8.59. The van der Waals surface area contributed by atoms with Crippen molar-refractivity contribution in [3.8, 4) is 0 Å². The first kappa shape index (κ1) is 25.9. The molecule has 1 aliphatic heterocycles. The molecule has 0 spiro atoms. The number of guanidine groups is 1. The number of hydrogen-bond acceptors (Lipinski definition) is 4. The molecular weight excluding hydrogens is 544 g/mol. The third-order valence-electron chi connectivity index (χ3n) is 6.12. The van der Waals surface area contributed by atoms with E-state index in [1.807, 2.05) is 49.7 Å². The summed E-state index contributed by atoms with van der Waals surface area (Å²) in [6, 6.07) is 15.5. The van der Waals surface area contributed by atoms with Crippen molar-refractivity contribution in [2.75, 3.05) is 18.0 Å². The molecule has 0 saturated carbocycles. The van der Waals surface area contributed by atoms with Crippen LogP contribution in [-0.2, 0) is 20.1 Å². The first-order valence-corrected chi connectivity index (χ1v) is 11.4. The number of piperidine rings is 1. The third-order valence-corrected chi connectivity index (χ3v) is 6.12. The van der Waals surface area contributed by atoms with Gasteiger partial charge in [0.2, 0.25) is 0 Å². The molecule has 0 radical (unpaired) electrons. The van der Waals surface area contributed by atoms with Crippen LogP contribution in [0.1, 0.15) is 35.6 Å². The SMILES string of the molecule is Cc1cc(F)ccc1N1CCCC(NC(=NCc2ccccc2)NCc2nnc(C)n2C)C1.I. The highest BCUT2D eigenvalue weighted by Crippen LogP contribution is 2.24. The molecule has 1 saturated heterocycles. The van der Waals surface area contributed by atoms with Crippen molar-refractivity contribution < 1.29 is 4.39 Å². The average molecular weight is 577 g/mol. The van der Waals surface area contributed by atoms with E-state index in [0.29, 0.717) is 13.1 Å². The largest absolute Gasteiger partial charge is 0.369 e. The van der Waals surface area contributed by atoms with Gasteiger partial charge in [-0.05, 0) is 56.0 Å².